The van der Waals surface area contributed by atoms with Crippen molar-refractivity contribution in [2.75, 3.05) is 24.6 Å². The fourth-order valence-electron chi connectivity index (χ4n) is 3.72. The molecule has 4 rings (SSSR count). The predicted octanol–water partition coefficient (Wildman–Crippen LogP) is 4.34. The molecular formula is C23H25ClN4O2. The first-order valence-electron chi connectivity index (χ1n) is 10.3. The predicted molar refractivity (Wildman–Crippen MR) is 119 cm³/mol. The maximum atomic E-state index is 11.8. The molecule has 1 aliphatic heterocycles. The molecule has 30 heavy (non-hydrogen) atoms. The van der Waals surface area contributed by atoms with Crippen molar-refractivity contribution < 1.29 is 4.74 Å². The summed E-state index contributed by atoms with van der Waals surface area (Å²) < 4.78 is 5.95. The fraction of sp³-hybridized carbons (Fsp3) is 0.348. The number of ether oxygens (including phenoxy) is 1. The van der Waals surface area contributed by atoms with E-state index in [1.165, 1.54) is 6.07 Å². The third-order valence-corrected chi connectivity index (χ3v) is 5.64. The molecule has 0 spiro atoms. The van der Waals surface area contributed by atoms with Crippen molar-refractivity contribution in [3.05, 3.63) is 69.7 Å². The molecule has 156 valence electrons. The largest absolute Gasteiger partial charge is 0.492 e. The molecule has 3 aromatic rings. The van der Waals surface area contributed by atoms with Gasteiger partial charge in [-0.3, -0.25) is 4.79 Å². The van der Waals surface area contributed by atoms with Crippen LogP contribution >= 0.6 is 11.6 Å². The van der Waals surface area contributed by atoms with E-state index in [1.807, 2.05) is 43.3 Å². The molecule has 0 amide bonds. The number of hydrogen-bond acceptors (Lipinski definition) is 5. The van der Waals surface area contributed by atoms with E-state index in [9.17, 15) is 4.79 Å². The Morgan fingerprint density at radius 2 is 2.13 bits per heavy atom. The van der Waals surface area contributed by atoms with Gasteiger partial charge in [-0.1, -0.05) is 30.7 Å². The van der Waals surface area contributed by atoms with E-state index in [2.05, 4.69) is 19.9 Å². The average Bonchev–Trinajstić information content (AvgIpc) is 2.78. The Bertz CT molecular complexity index is 1050. The van der Waals surface area contributed by atoms with Gasteiger partial charge in [-0.2, -0.15) is 0 Å². The molecule has 0 bridgehead atoms. The van der Waals surface area contributed by atoms with Gasteiger partial charge in [0.05, 0.1) is 11.6 Å². The van der Waals surface area contributed by atoms with Crippen molar-refractivity contribution in [2.45, 2.75) is 26.2 Å². The third kappa shape index (κ3) is 4.82. The minimum absolute atomic E-state index is 0.140. The summed E-state index contributed by atoms with van der Waals surface area (Å²) in [6, 6.07) is 13.1. The van der Waals surface area contributed by atoms with Crippen LogP contribution in [0.25, 0.3) is 11.4 Å². The van der Waals surface area contributed by atoms with Crippen LogP contribution in [0.5, 0.6) is 5.75 Å². The van der Waals surface area contributed by atoms with Crippen molar-refractivity contribution in [3.8, 4) is 17.1 Å². The average molecular weight is 425 g/mol. The fourth-order valence-corrected chi connectivity index (χ4v) is 3.91. The Morgan fingerprint density at radius 1 is 1.27 bits per heavy atom. The standard InChI is InChI=1S/C23H25ClN4O2/c1-2-18-12-22(29)27-23(26-18)17-9-10-21(25-13-17)28-11-5-6-16(14-28)15-30-20-8-4-3-7-19(20)24/h3-4,7-10,12-13,16H,2,5-6,11,14-15H2,1H3,(H,26,27,29). The number of H-pyrrole nitrogens is 1. The van der Waals surface area contributed by atoms with Crippen LogP contribution in [-0.2, 0) is 6.42 Å². The Balaban J connectivity index is 1.42. The third-order valence-electron chi connectivity index (χ3n) is 5.33. The highest BCUT2D eigenvalue weighted by molar-refractivity contribution is 6.32. The second kappa shape index (κ2) is 9.30. The van der Waals surface area contributed by atoms with Gasteiger partial charge in [0.25, 0.3) is 5.56 Å². The summed E-state index contributed by atoms with van der Waals surface area (Å²) in [5.41, 5.74) is 1.44. The quantitative estimate of drug-likeness (QED) is 0.637. The van der Waals surface area contributed by atoms with Crippen LogP contribution in [0.4, 0.5) is 5.82 Å². The highest BCUT2D eigenvalue weighted by Crippen LogP contribution is 2.27. The van der Waals surface area contributed by atoms with E-state index < -0.39 is 0 Å². The summed E-state index contributed by atoms with van der Waals surface area (Å²) in [6.45, 7) is 4.47. The number of aryl methyl sites for hydroxylation is 1. The first kappa shape index (κ1) is 20.4. The van der Waals surface area contributed by atoms with Crippen molar-refractivity contribution in [2.24, 2.45) is 5.92 Å². The molecule has 1 atom stereocenters. The second-order valence-corrected chi connectivity index (χ2v) is 7.95. The van der Waals surface area contributed by atoms with E-state index in [4.69, 9.17) is 16.3 Å². The summed E-state index contributed by atoms with van der Waals surface area (Å²) in [7, 11) is 0. The Morgan fingerprint density at radius 3 is 2.90 bits per heavy atom. The summed E-state index contributed by atoms with van der Waals surface area (Å²) in [4.78, 5) is 26.0. The normalized spacial score (nSPS) is 16.5. The smallest absolute Gasteiger partial charge is 0.251 e. The van der Waals surface area contributed by atoms with Gasteiger partial charge in [-0.15, -0.1) is 0 Å². The molecular weight excluding hydrogens is 400 g/mol. The van der Waals surface area contributed by atoms with Crippen LogP contribution in [0.2, 0.25) is 5.02 Å². The van der Waals surface area contributed by atoms with E-state index in [1.54, 1.807) is 6.20 Å². The SMILES string of the molecule is CCc1cc(=O)[nH]c(-c2ccc(N3CCCC(COc4ccccc4Cl)C3)nc2)n1. The van der Waals surface area contributed by atoms with Gasteiger partial charge in [0.2, 0.25) is 0 Å². The van der Waals surface area contributed by atoms with E-state index in [0.717, 1.165) is 48.8 Å². The second-order valence-electron chi connectivity index (χ2n) is 7.54. The van der Waals surface area contributed by atoms with Gasteiger partial charge in [0, 0.05) is 42.5 Å². The minimum Gasteiger partial charge on any atom is -0.492 e. The van der Waals surface area contributed by atoms with Crippen LogP contribution in [-0.4, -0.2) is 34.6 Å². The van der Waals surface area contributed by atoms with E-state index in [-0.39, 0.29) is 5.56 Å². The molecule has 3 heterocycles. The molecule has 0 saturated carbocycles. The van der Waals surface area contributed by atoms with Gasteiger partial charge in [-0.05, 0) is 43.5 Å². The van der Waals surface area contributed by atoms with Crippen molar-refractivity contribution in [1.82, 2.24) is 15.0 Å². The molecule has 2 aromatic heterocycles. The molecule has 0 radical (unpaired) electrons. The minimum atomic E-state index is -0.140. The maximum Gasteiger partial charge on any atom is 0.251 e. The lowest BCUT2D eigenvalue weighted by molar-refractivity contribution is 0.228. The van der Waals surface area contributed by atoms with Gasteiger partial charge in [-0.25, -0.2) is 9.97 Å². The number of piperidine rings is 1. The van der Waals surface area contributed by atoms with Crippen molar-refractivity contribution in [3.63, 3.8) is 0 Å². The molecule has 1 N–H and O–H groups in total. The van der Waals surface area contributed by atoms with Crippen LogP contribution in [0, 0.1) is 5.92 Å². The Labute approximate surface area is 180 Å². The molecule has 1 saturated heterocycles. The number of aromatic amines is 1. The van der Waals surface area contributed by atoms with Crippen LogP contribution < -0.4 is 15.2 Å². The summed E-state index contributed by atoms with van der Waals surface area (Å²) in [5, 5.41) is 0.640. The first-order chi connectivity index (χ1) is 14.6. The molecule has 1 unspecified atom stereocenters. The molecule has 1 aromatic carbocycles. The number of halogens is 1. The molecule has 0 aliphatic carbocycles. The number of rotatable bonds is 6. The molecule has 1 fully saturated rings. The van der Waals surface area contributed by atoms with Gasteiger partial charge in [0.15, 0.2) is 0 Å². The number of pyridine rings is 1. The summed E-state index contributed by atoms with van der Waals surface area (Å²) in [5.74, 6) is 2.63. The molecule has 1 aliphatic rings. The highest BCUT2D eigenvalue weighted by atomic mass is 35.5. The van der Waals surface area contributed by atoms with Gasteiger partial charge in [0.1, 0.15) is 17.4 Å². The van der Waals surface area contributed by atoms with Gasteiger partial charge < -0.3 is 14.6 Å². The lowest BCUT2D eigenvalue weighted by Crippen LogP contribution is -2.38. The number of nitrogens with one attached hydrogen (secondary N) is 1. The van der Waals surface area contributed by atoms with Crippen molar-refractivity contribution >= 4 is 17.4 Å². The number of benzene rings is 1. The number of nitrogens with zero attached hydrogens (tertiary/aromatic N) is 3. The molecule has 7 heteroatoms. The van der Waals surface area contributed by atoms with Crippen LogP contribution in [0.1, 0.15) is 25.5 Å². The number of aromatic nitrogens is 3. The topological polar surface area (TPSA) is 71.1 Å². The number of hydrogen-bond donors (Lipinski definition) is 1. The van der Waals surface area contributed by atoms with E-state index >= 15 is 0 Å². The van der Waals surface area contributed by atoms with Crippen LogP contribution in [0.3, 0.4) is 0 Å². The first-order valence-corrected chi connectivity index (χ1v) is 10.7. The highest BCUT2D eigenvalue weighted by Gasteiger charge is 2.22. The maximum absolute atomic E-state index is 11.8. The lowest BCUT2D eigenvalue weighted by Gasteiger charge is -2.33. The number of anilines is 1. The number of para-hydroxylation sites is 1. The zero-order valence-corrected chi connectivity index (χ0v) is 17.7. The van der Waals surface area contributed by atoms with Crippen LogP contribution in [0.15, 0.2) is 53.5 Å². The Hall–Kier alpha value is -2.86. The Kier molecular flexibility index (Phi) is 6.33. The zero-order chi connectivity index (χ0) is 20.9. The summed E-state index contributed by atoms with van der Waals surface area (Å²) >= 11 is 6.19. The van der Waals surface area contributed by atoms with Crippen molar-refractivity contribution in [1.29, 1.82) is 0 Å². The van der Waals surface area contributed by atoms with Gasteiger partial charge >= 0.3 is 0 Å². The summed E-state index contributed by atoms with van der Waals surface area (Å²) in [6.07, 6.45) is 4.70. The lowest BCUT2D eigenvalue weighted by atomic mass is 9.99. The molecule has 6 nitrogen and oxygen atoms in total. The van der Waals surface area contributed by atoms with E-state index in [0.29, 0.717) is 29.8 Å². The monoisotopic (exact) mass is 424 g/mol. The zero-order valence-electron chi connectivity index (χ0n) is 17.0.